The van der Waals surface area contributed by atoms with Gasteiger partial charge in [-0.15, -0.1) is 0 Å². The number of allylic oxidation sites excluding steroid dienone is 10. The molecule has 0 aliphatic carbocycles. The fourth-order valence-electron chi connectivity index (χ4n) is 3.40. The van der Waals surface area contributed by atoms with Crippen LogP contribution in [-0.2, 0) is 32.7 Å². The van der Waals surface area contributed by atoms with Crippen LogP contribution < -0.4 is 0 Å². The lowest BCUT2D eigenvalue weighted by Crippen LogP contribution is -2.29. The van der Waals surface area contributed by atoms with Crippen molar-refractivity contribution in [1.29, 1.82) is 0 Å². The van der Waals surface area contributed by atoms with E-state index in [1.807, 2.05) is 42.5 Å². The summed E-state index contributed by atoms with van der Waals surface area (Å²) < 4.78 is 32.2. The number of carbonyl (C=O) groups excluding carboxylic acids is 2. The molecule has 3 atom stereocenters. The number of ether oxygens (including phenoxy) is 2. The second-order valence-electron chi connectivity index (χ2n) is 9.77. The van der Waals surface area contributed by atoms with Crippen LogP contribution in [-0.4, -0.2) is 65.7 Å². The lowest BCUT2D eigenvalue weighted by Gasteiger charge is -2.20. The van der Waals surface area contributed by atoms with Gasteiger partial charge in [-0.3, -0.25) is 18.6 Å². The summed E-state index contributed by atoms with van der Waals surface area (Å²) in [5, 5.41) is 18.1. The smallest absolute Gasteiger partial charge is 0.462 e. The third-order valence-corrected chi connectivity index (χ3v) is 6.69. The molecule has 10 nitrogen and oxygen atoms in total. The van der Waals surface area contributed by atoms with E-state index in [1.54, 1.807) is 0 Å². The number of unbranched alkanes of at least 4 members (excludes halogenated alkanes) is 5. The topological polar surface area (TPSA) is 149 Å². The van der Waals surface area contributed by atoms with E-state index in [0.717, 1.165) is 51.4 Å². The molecule has 246 valence electrons. The first-order valence-corrected chi connectivity index (χ1v) is 16.8. The fraction of sp³-hybridized carbons (Fsp3) is 0.625. The van der Waals surface area contributed by atoms with E-state index < -0.39 is 51.8 Å². The van der Waals surface area contributed by atoms with Gasteiger partial charge in [-0.25, -0.2) is 4.57 Å². The summed E-state index contributed by atoms with van der Waals surface area (Å²) in [7, 11) is -4.62. The molecule has 0 saturated heterocycles. The summed E-state index contributed by atoms with van der Waals surface area (Å²) >= 11 is 0. The van der Waals surface area contributed by atoms with Crippen molar-refractivity contribution in [3.63, 3.8) is 0 Å². The van der Waals surface area contributed by atoms with E-state index in [-0.39, 0.29) is 19.4 Å². The third-order valence-electron chi connectivity index (χ3n) is 5.74. The number of aliphatic hydroxyl groups excluding tert-OH is 2. The van der Waals surface area contributed by atoms with Crippen LogP contribution in [0.2, 0.25) is 0 Å². The van der Waals surface area contributed by atoms with Crippen LogP contribution in [0.5, 0.6) is 0 Å². The van der Waals surface area contributed by atoms with Crippen molar-refractivity contribution >= 4 is 19.8 Å². The number of phosphoric acid groups is 1. The fourth-order valence-corrected chi connectivity index (χ4v) is 4.19. The monoisotopic (exact) mass is 628 g/mol. The molecule has 11 heteroatoms. The molecule has 43 heavy (non-hydrogen) atoms. The van der Waals surface area contributed by atoms with Crippen molar-refractivity contribution in [3.05, 3.63) is 60.8 Å². The third kappa shape index (κ3) is 28.2. The van der Waals surface area contributed by atoms with E-state index in [4.69, 9.17) is 19.1 Å². The maximum absolute atomic E-state index is 12.4. The molecule has 0 bridgehead atoms. The average Bonchev–Trinajstić information content (AvgIpc) is 2.99. The number of aliphatic hydroxyl groups is 2. The number of hydrogen-bond donors (Lipinski definition) is 3. The van der Waals surface area contributed by atoms with Crippen LogP contribution >= 0.6 is 7.82 Å². The van der Waals surface area contributed by atoms with E-state index in [1.165, 1.54) is 0 Å². The first kappa shape index (κ1) is 40.7. The Kier molecular flexibility index (Phi) is 26.9. The summed E-state index contributed by atoms with van der Waals surface area (Å²) in [5.74, 6) is -1.05. The summed E-state index contributed by atoms with van der Waals surface area (Å²) in [6.45, 7) is 1.93. The van der Waals surface area contributed by atoms with Gasteiger partial charge in [0.15, 0.2) is 6.10 Å². The predicted octanol–water partition coefficient (Wildman–Crippen LogP) is 6.43. The normalized spacial score (nSPS) is 15.2. The SMILES string of the molecule is CC/C=C/C=C/C=C/CCCCCCCC(=O)OC(COC(=O)CC/C=C/C/C=C/CC)COP(=O)(O)OC[C@@H](O)CO. The summed E-state index contributed by atoms with van der Waals surface area (Å²) in [5.41, 5.74) is 0. The molecule has 0 amide bonds. The number of carbonyl (C=O) groups is 2. The second kappa shape index (κ2) is 28.4. The Morgan fingerprint density at radius 3 is 2.09 bits per heavy atom. The Morgan fingerprint density at radius 1 is 0.721 bits per heavy atom. The highest BCUT2D eigenvalue weighted by Crippen LogP contribution is 2.43. The van der Waals surface area contributed by atoms with Crippen molar-refractivity contribution in [2.24, 2.45) is 0 Å². The quantitative estimate of drug-likeness (QED) is 0.0305. The Morgan fingerprint density at radius 2 is 1.37 bits per heavy atom. The first-order chi connectivity index (χ1) is 20.7. The number of hydrogen-bond acceptors (Lipinski definition) is 9. The van der Waals surface area contributed by atoms with Crippen LogP contribution in [0.25, 0.3) is 0 Å². The lowest BCUT2D eigenvalue weighted by atomic mass is 10.1. The Labute approximate surface area is 257 Å². The van der Waals surface area contributed by atoms with Gasteiger partial charge in [0.05, 0.1) is 19.8 Å². The average molecular weight is 629 g/mol. The Balaban J connectivity index is 4.57. The number of rotatable bonds is 27. The molecule has 0 fully saturated rings. The maximum Gasteiger partial charge on any atom is 0.472 e. The van der Waals surface area contributed by atoms with E-state index in [9.17, 15) is 24.2 Å². The molecule has 0 aromatic heterocycles. The molecule has 0 heterocycles. The minimum absolute atomic E-state index is 0.124. The van der Waals surface area contributed by atoms with Crippen molar-refractivity contribution in [2.45, 2.75) is 103 Å². The zero-order valence-electron chi connectivity index (χ0n) is 25.9. The van der Waals surface area contributed by atoms with Crippen LogP contribution in [0.15, 0.2) is 60.8 Å². The van der Waals surface area contributed by atoms with E-state index in [0.29, 0.717) is 12.8 Å². The maximum atomic E-state index is 12.4. The molecule has 0 aromatic rings. The second-order valence-corrected chi connectivity index (χ2v) is 11.2. The molecule has 0 radical (unpaired) electrons. The molecule has 0 aliphatic heterocycles. The zero-order valence-corrected chi connectivity index (χ0v) is 26.8. The standard InChI is InChI=1S/C32H53O10P/c1-3-5-7-9-11-12-13-14-15-16-18-20-22-24-32(36)42-30(28-41-43(37,38)40-26-29(34)25-33)27-39-31(35)23-21-19-17-10-8-6-4-2/h5-9,11-13,17,19,29-30,33-34H,3-4,10,14-16,18,20-28H2,1-2H3,(H,37,38)/b7-5+,8-6+,11-9+,13-12+,19-17+/t29-,30?/m0/s1. The minimum Gasteiger partial charge on any atom is -0.462 e. The molecular formula is C32H53O10P. The van der Waals surface area contributed by atoms with Gasteiger partial charge >= 0.3 is 19.8 Å². The van der Waals surface area contributed by atoms with Gasteiger partial charge < -0.3 is 24.6 Å². The van der Waals surface area contributed by atoms with Gasteiger partial charge in [-0.2, -0.15) is 0 Å². The van der Waals surface area contributed by atoms with E-state index >= 15 is 0 Å². The van der Waals surface area contributed by atoms with Gasteiger partial charge in [0.1, 0.15) is 12.7 Å². The summed E-state index contributed by atoms with van der Waals surface area (Å²) in [6, 6.07) is 0. The van der Waals surface area contributed by atoms with Crippen molar-refractivity contribution < 1.29 is 47.8 Å². The Hall–Kier alpha value is -2.33. The lowest BCUT2D eigenvalue weighted by molar-refractivity contribution is -0.161. The van der Waals surface area contributed by atoms with Gasteiger partial charge in [0.2, 0.25) is 0 Å². The minimum atomic E-state index is -4.62. The van der Waals surface area contributed by atoms with Crippen LogP contribution in [0.4, 0.5) is 0 Å². The largest absolute Gasteiger partial charge is 0.472 e. The van der Waals surface area contributed by atoms with Gasteiger partial charge in [-0.05, 0) is 44.9 Å². The molecule has 0 saturated carbocycles. The zero-order chi connectivity index (χ0) is 32.0. The van der Waals surface area contributed by atoms with Crippen LogP contribution in [0, 0.1) is 0 Å². The molecule has 0 spiro atoms. The molecule has 3 N–H and O–H groups in total. The van der Waals surface area contributed by atoms with Gasteiger partial charge in [0.25, 0.3) is 0 Å². The highest BCUT2D eigenvalue weighted by atomic mass is 31.2. The number of esters is 2. The number of phosphoric ester groups is 1. The van der Waals surface area contributed by atoms with Gasteiger partial charge in [-0.1, -0.05) is 93.9 Å². The molecule has 0 aliphatic rings. The molecule has 0 aromatic carbocycles. The van der Waals surface area contributed by atoms with Crippen LogP contribution in [0.1, 0.15) is 90.9 Å². The highest BCUT2D eigenvalue weighted by Gasteiger charge is 2.27. The van der Waals surface area contributed by atoms with Crippen molar-refractivity contribution in [3.8, 4) is 0 Å². The van der Waals surface area contributed by atoms with Crippen LogP contribution in [0.3, 0.4) is 0 Å². The Bertz CT molecular complexity index is 910. The summed E-state index contributed by atoms with van der Waals surface area (Å²) in [4.78, 5) is 34.4. The van der Waals surface area contributed by atoms with E-state index in [2.05, 4.69) is 36.6 Å². The van der Waals surface area contributed by atoms with Crippen molar-refractivity contribution in [1.82, 2.24) is 0 Å². The predicted molar refractivity (Wildman–Crippen MR) is 168 cm³/mol. The highest BCUT2D eigenvalue weighted by molar-refractivity contribution is 7.47. The molecule has 0 rings (SSSR count). The summed E-state index contributed by atoms with van der Waals surface area (Å²) in [6.07, 6.45) is 26.8. The molecular weight excluding hydrogens is 575 g/mol. The first-order valence-electron chi connectivity index (χ1n) is 15.3. The van der Waals surface area contributed by atoms with Gasteiger partial charge in [0, 0.05) is 12.8 Å². The van der Waals surface area contributed by atoms with Crippen molar-refractivity contribution in [2.75, 3.05) is 26.4 Å². The molecule has 2 unspecified atom stereocenters.